The number of guanidine groups is 1. The third kappa shape index (κ3) is 20.8. The van der Waals surface area contributed by atoms with E-state index < -0.39 is 30.3 Å². The lowest BCUT2D eigenvalue weighted by Gasteiger charge is -2.24. The second kappa shape index (κ2) is 27.5. The van der Waals surface area contributed by atoms with Crippen LogP contribution in [-0.4, -0.2) is 140 Å². The number of halogens is 6. The second-order valence-corrected chi connectivity index (χ2v) is 14.9. The third-order valence-corrected chi connectivity index (χ3v) is 9.32. The lowest BCUT2D eigenvalue weighted by Crippen LogP contribution is -2.42. The number of amides is 5. The first-order valence-electron chi connectivity index (χ1n) is 21.0. The Labute approximate surface area is 395 Å². The van der Waals surface area contributed by atoms with Crippen molar-refractivity contribution in [2.24, 2.45) is 22.2 Å². The van der Waals surface area contributed by atoms with Crippen molar-refractivity contribution in [1.82, 2.24) is 15.5 Å². The van der Waals surface area contributed by atoms with Gasteiger partial charge in [-0.05, 0) is 85.8 Å². The summed E-state index contributed by atoms with van der Waals surface area (Å²) in [5.74, 6) is -6.27. The molecule has 3 aromatic rings. The van der Waals surface area contributed by atoms with Gasteiger partial charge in [0.2, 0.25) is 5.91 Å². The minimum Gasteiger partial charge on any atom is -0.482 e. The van der Waals surface area contributed by atoms with Gasteiger partial charge in [0, 0.05) is 54.6 Å². The molecule has 21 nitrogen and oxygen atoms in total. The third-order valence-electron chi connectivity index (χ3n) is 9.32. The van der Waals surface area contributed by atoms with Gasteiger partial charge in [0.1, 0.15) is 5.75 Å². The van der Waals surface area contributed by atoms with Crippen molar-refractivity contribution in [3.8, 4) is 5.75 Å². The number of carbonyl (C=O) groups excluding carboxylic acids is 5. The van der Waals surface area contributed by atoms with Crippen molar-refractivity contribution in [3.63, 3.8) is 0 Å². The number of aliphatic carboxylic acids is 2. The number of nitrogens with two attached hydrogens (primary N) is 3. The largest absolute Gasteiger partial charge is 0.490 e. The first-order chi connectivity index (χ1) is 33.0. The Morgan fingerprint density at radius 2 is 1.31 bits per heavy atom. The van der Waals surface area contributed by atoms with Gasteiger partial charge in [0.15, 0.2) is 12.6 Å². The zero-order valence-electron chi connectivity index (χ0n) is 37.1. The lowest BCUT2D eigenvalue weighted by molar-refractivity contribution is -0.193. The molecule has 1 aliphatic carbocycles. The Morgan fingerprint density at radius 1 is 0.786 bits per heavy atom. The molecule has 3 aromatic carbocycles. The molecule has 12 N–H and O–H groups in total. The van der Waals surface area contributed by atoms with E-state index in [4.69, 9.17) is 51.2 Å². The van der Waals surface area contributed by atoms with Crippen LogP contribution in [0.25, 0.3) is 0 Å². The summed E-state index contributed by atoms with van der Waals surface area (Å²) in [6, 6.07) is 18.1. The Hall–Kier alpha value is -7.52. The van der Waals surface area contributed by atoms with E-state index >= 15 is 0 Å². The van der Waals surface area contributed by atoms with Crippen LogP contribution in [0.3, 0.4) is 0 Å². The van der Waals surface area contributed by atoms with Gasteiger partial charge in [-0.15, -0.1) is 0 Å². The Bertz CT molecular complexity index is 2270. The van der Waals surface area contributed by atoms with Crippen LogP contribution >= 0.6 is 0 Å². The number of anilines is 2. The van der Waals surface area contributed by atoms with Crippen molar-refractivity contribution >= 4 is 58.8 Å². The highest BCUT2D eigenvalue weighted by Crippen LogP contribution is 2.33. The normalized spacial score (nSPS) is 13.2. The number of carboxylic acid groups (broad SMARTS) is 2. The van der Waals surface area contributed by atoms with E-state index in [9.17, 15) is 50.3 Å². The lowest BCUT2D eigenvalue weighted by atomic mass is 10.1. The summed E-state index contributed by atoms with van der Waals surface area (Å²) < 4.78 is 79.9. The number of alkyl halides is 6. The topological polar surface area (TPSA) is 329 Å². The zero-order chi connectivity index (χ0) is 52.0. The zero-order valence-corrected chi connectivity index (χ0v) is 37.1. The van der Waals surface area contributed by atoms with Gasteiger partial charge in [-0.2, -0.15) is 26.3 Å². The molecule has 0 bridgehead atoms. The smallest absolute Gasteiger partial charge is 0.482 e. The predicted octanol–water partition coefficient (Wildman–Crippen LogP) is 2.60. The molecule has 5 amide bonds. The molecule has 1 aliphatic heterocycles. The van der Waals surface area contributed by atoms with Crippen LogP contribution in [0.2, 0.25) is 0 Å². The van der Waals surface area contributed by atoms with E-state index in [1.807, 2.05) is 17.0 Å². The SMILES string of the molecule is NC(N)=NCCC[C@H](N)C(=O)NCCOCCOCCNC(=O)c1ccc(NC(=O)c2ccc(CN(C(=O)c3ccc4c(c3)OCC(=O)N4)C3CC3)cc2)cc1.O=C(O)C(F)(F)F.O=C(O)C(F)(F)F. The minimum atomic E-state index is -5.08. The van der Waals surface area contributed by atoms with E-state index in [1.165, 1.54) is 0 Å². The highest BCUT2D eigenvalue weighted by atomic mass is 19.4. The summed E-state index contributed by atoms with van der Waals surface area (Å²) in [5.41, 5.74) is 19.7. The Kier molecular flexibility index (Phi) is 22.3. The van der Waals surface area contributed by atoms with Crippen molar-refractivity contribution < 1.29 is 84.3 Å². The molecule has 5 rings (SSSR count). The Balaban J connectivity index is 0.000000806. The first-order valence-corrected chi connectivity index (χ1v) is 21.0. The number of carboxylic acids is 2. The number of fused-ring (bicyclic) bond motifs is 1. The van der Waals surface area contributed by atoms with E-state index in [2.05, 4.69) is 26.3 Å². The monoisotopic (exact) mass is 999 g/mol. The Morgan fingerprint density at radius 3 is 1.86 bits per heavy atom. The van der Waals surface area contributed by atoms with E-state index in [-0.39, 0.29) is 54.8 Å². The maximum atomic E-state index is 13.5. The molecule has 1 saturated carbocycles. The van der Waals surface area contributed by atoms with E-state index in [0.29, 0.717) is 92.7 Å². The highest BCUT2D eigenvalue weighted by Gasteiger charge is 2.39. The molecule has 382 valence electrons. The van der Waals surface area contributed by atoms with Crippen molar-refractivity contribution in [2.45, 2.75) is 56.7 Å². The van der Waals surface area contributed by atoms with Gasteiger partial charge < -0.3 is 67.8 Å². The molecule has 1 heterocycles. The molecule has 27 heteroatoms. The molecule has 0 spiro atoms. The van der Waals surface area contributed by atoms with Crippen LogP contribution < -0.4 is 43.2 Å². The van der Waals surface area contributed by atoms with Gasteiger partial charge in [0.25, 0.3) is 23.6 Å². The molecule has 0 aromatic heterocycles. The number of benzene rings is 3. The molecule has 0 unspecified atom stereocenters. The number of carbonyl (C=O) groups is 7. The molecule has 0 radical (unpaired) electrons. The van der Waals surface area contributed by atoms with Gasteiger partial charge in [0.05, 0.1) is 38.2 Å². The average molecular weight is 1000 g/mol. The van der Waals surface area contributed by atoms with Crippen LogP contribution in [0.1, 0.15) is 62.3 Å². The predicted molar refractivity (Wildman–Crippen MR) is 237 cm³/mol. The summed E-state index contributed by atoms with van der Waals surface area (Å²) >= 11 is 0. The van der Waals surface area contributed by atoms with Gasteiger partial charge in [-0.25, -0.2) is 9.59 Å². The van der Waals surface area contributed by atoms with Crippen LogP contribution in [0.5, 0.6) is 5.75 Å². The van der Waals surface area contributed by atoms with Gasteiger partial charge >= 0.3 is 24.3 Å². The number of nitrogens with one attached hydrogen (secondary N) is 4. The summed E-state index contributed by atoms with van der Waals surface area (Å²) in [5, 5.41) is 25.3. The average Bonchev–Trinajstić information content (AvgIpc) is 4.15. The fourth-order valence-electron chi connectivity index (χ4n) is 5.68. The number of rotatable bonds is 21. The van der Waals surface area contributed by atoms with Crippen molar-refractivity contribution in [3.05, 3.63) is 89.0 Å². The minimum absolute atomic E-state index is 0.00615. The molecule has 70 heavy (non-hydrogen) atoms. The summed E-state index contributed by atoms with van der Waals surface area (Å²) in [7, 11) is 0. The van der Waals surface area contributed by atoms with Crippen molar-refractivity contribution in [2.75, 3.05) is 63.3 Å². The number of nitrogens with zero attached hydrogens (tertiary/aromatic N) is 2. The maximum Gasteiger partial charge on any atom is 0.490 e. The standard InChI is InChI=1S/C39H49N9O8.2C2HF3O2/c40-31(2-1-15-45-39(41)42)37(52)44-17-19-55-21-20-54-18-16-43-35(50)26-7-10-29(11-8-26)46-36(51)27-5-3-25(4-6-27)23-48(30-12-13-30)38(53)28-9-14-32-33(22-28)56-24-34(49)47-32;2*3-2(4,5)1(6)7/h3-11,14,22,30-31H,1-2,12-13,15-21,23-24,40H2,(H,43,50)(H,44,52)(H,46,51)(H,47,49)(H4,41,42,45);2*(H,6,7)/t31-;;/m0../s1. The summed E-state index contributed by atoms with van der Waals surface area (Å²) in [6.07, 6.45) is -7.27. The van der Waals surface area contributed by atoms with Crippen LogP contribution in [-0.2, 0) is 35.2 Å². The van der Waals surface area contributed by atoms with Crippen LogP contribution in [0, 0.1) is 0 Å². The van der Waals surface area contributed by atoms with E-state index in [1.54, 1.807) is 54.6 Å². The summed E-state index contributed by atoms with van der Waals surface area (Å²) in [4.78, 5) is 86.1. The van der Waals surface area contributed by atoms with Crippen molar-refractivity contribution in [1.29, 1.82) is 0 Å². The van der Waals surface area contributed by atoms with Crippen LogP contribution in [0.15, 0.2) is 71.7 Å². The molecule has 0 saturated heterocycles. The van der Waals surface area contributed by atoms with Crippen LogP contribution in [0.4, 0.5) is 37.7 Å². The van der Waals surface area contributed by atoms with E-state index in [0.717, 1.165) is 18.4 Å². The fraction of sp³-hybridized carbons (Fsp3) is 0.395. The molecular formula is C43H51F6N9O12. The number of hydrogen-bond acceptors (Lipinski definition) is 12. The second-order valence-electron chi connectivity index (χ2n) is 14.9. The maximum absolute atomic E-state index is 13.5. The molecule has 1 atom stereocenters. The number of hydrogen-bond donors (Lipinski definition) is 9. The summed E-state index contributed by atoms with van der Waals surface area (Å²) in [6.45, 7) is 2.54. The number of ether oxygens (including phenoxy) is 3. The quantitative estimate of drug-likeness (QED) is 0.0321. The molecule has 1 fully saturated rings. The number of aliphatic imine (C=N–C) groups is 1. The molecular weight excluding hydrogens is 949 g/mol. The highest BCUT2D eigenvalue weighted by molar-refractivity contribution is 6.04. The van der Waals surface area contributed by atoms with Gasteiger partial charge in [-0.3, -0.25) is 29.0 Å². The first kappa shape index (κ1) is 56.8. The van der Waals surface area contributed by atoms with Gasteiger partial charge in [-0.1, -0.05) is 12.1 Å². The molecule has 2 aliphatic rings. The fourth-order valence-corrected chi connectivity index (χ4v) is 5.68.